The molecule has 1 unspecified atom stereocenters. The van der Waals surface area contributed by atoms with Crippen LogP contribution < -0.4 is 0 Å². The van der Waals surface area contributed by atoms with Gasteiger partial charge in [0.1, 0.15) is 13.2 Å². The fraction of sp³-hybridized carbons (Fsp3) is 0.800. The molecule has 0 aromatic heterocycles. The Kier molecular flexibility index (Phi) is 66.6. The lowest BCUT2D eigenvalue weighted by Crippen LogP contribution is -2.30. The van der Waals surface area contributed by atoms with E-state index in [9.17, 15) is 14.4 Å². The second-order valence-electron chi connectivity index (χ2n) is 23.8. The highest BCUT2D eigenvalue weighted by atomic mass is 16.6. The molecule has 0 radical (unpaired) electrons. The fourth-order valence-corrected chi connectivity index (χ4v) is 10.4. The average molecular weight is 1130 g/mol. The SMILES string of the molecule is CC/C=C\C/C=C\C/C=C\C/C=C\C/C=C\CCCCCC(=O)OC(COC(=O)CCCCCCCCCCCCCCC/C=C\CCCCCCCCCC)COC(=O)CCCCCCCCCCCCCCCCCCCCC. The van der Waals surface area contributed by atoms with Crippen LogP contribution in [0.2, 0.25) is 0 Å². The van der Waals surface area contributed by atoms with Crippen molar-refractivity contribution < 1.29 is 28.6 Å². The number of unbranched alkanes of at least 4 members (excludes halogenated alkanes) is 42. The van der Waals surface area contributed by atoms with E-state index in [-0.39, 0.29) is 31.1 Å². The molecular formula is C75H134O6. The van der Waals surface area contributed by atoms with E-state index >= 15 is 0 Å². The molecule has 81 heavy (non-hydrogen) atoms. The maximum Gasteiger partial charge on any atom is 0.306 e. The van der Waals surface area contributed by atoms with Crippen LogP contribution in [0.5, 0.6) is 0 Å². The molecular weight excluding hydrogens is 997 g/mol. The van der Waals surface area contributed by atoms with Crippen LogP contribution in [0.1, 0.15) is 367 Å². The van der Waals surface area contributed by atoms with Crippen molar-refractivity contribution in [2.24, 2.45) is 0 Å². The van der Waals surface area contributed by atoms with Crippen molar-refractivity contribution in [2.75, 3.05) is 13.2 Å². The summed E-state index contributed by atoms with van der Waals surface area (Å²) < 4.78 is 17.0. The van der Waals surface area contributed by atoms with Gasteiger partial charge in [-0.2, -0.15) is 0 Å². The maximum absolute atomic E-state index is 12.9. The molecule has 0 N–H and O–H groups in total. The van der Waals surface area contributed by atoms with Crippen LogP contribution in [0.3, 0.4) is 0 Å². The Morgan fingerprint density at radius 1 is 0.259 bits per heavy atom. The van der Waals surface area contributed by atoms with Crippen LogP contribution in [0.4, 0.5) is 0 Å². The third-order valence-electron chi connectivity index (χ3n) is 15.7. The summed E-state index contributed by atoms with van der Waals surface area (Å²) in [5.41, 5.74) is 0. The van der Waals surface area contributed by atoms with Gasteiger partial charge in [0, 0.05) is 19.3 Å². The molecule has 0 saturated heterocycles. The Morgan fingerprint density at radius 3 is 0.778 bits per heavy atom. The number of allylic oxidation sites excluding steroid dienone is 12. The summed E-state index contributed by atoms with van der Waals surface area (Å²) in [6.07, 6.45) is 90.7. The number of hydrogen-bond donors (Lipinski definition) is 0. The topological polar surface area (TPSA) is 78.9 Å². The zero-order valence-electron chi connectivity index (χ0n) is 54.1. The van der Waals surface area contributed by atoms with Crippen molar-refractivity contribution in [3.8, 4) is 0 Å². The van der Waals surface area contributed by atoms with E-state index in [1.165, 1.54) is 231 Å². The minimum Gasteiger partial charge on any atom is -0.462 e. The van der Waals surface area contributed by atoms with E-state index in [1.807, 2.05) is 0 Å². The molecule has 0 bridgehead atoms. The summed E-state index contributed by atoms with van der Waals surface area (Å²) in [5.74, 6) is -0.895. The quantitative estimate of drug-likeness (QED) is 0.0261. The summed E-state index contributed by atoms with van der Waals surface area (Å²) in [5, 5.41) is 0. The summed E-state index contributed by atoms with van der Waals surface area (Å²) in [7, 11) is 0. The molecule has 470 valence electrons. The first-order chi connectivity index (χ1) is 40.0. The van der Waals surface area contributed by atoms with Crippen molar-refractivity contribution in [3.63, 3.8) is 0 Å². The van der Waals surface area contributed by atoms with Crippen molar-refractivity contribution in [3.05, 3.63) is 72.9 Å². The highest BCUT2D eigenvalue weighted by Crippen LogP contribution is 2.18. The van der Waals surface area contributed by atoms with E-state index in [0.717, 1.165) is 96.3 Å². The van der Waals surface area contributed by atoms with E-state index in [0.29, 0.717) is 19.3 Å². The van der Waals surface area contributed by atoms with Gasteiger partial charge in [0.25, 0.3) is 0 Å². The minimum atomic E-state index is -0.793. The first-order valence-corrected chi connectivity index (χ1v) is 35.4. The van der Waals surface area contributed by atoms with Gasteiger partial charge < -0.3 is 14.2 Å². The Labute approximate surface area is 503 Å². The van der Waals surface area contributed by atoms with Crippen LogP contribution in [0.25, 0.3) is 0 Å². The molecule has 6 heteroatoms. The zero-order chi connectivity index (χ0) is 58.5. The number of hydrogen-bond acceptors (Lipinski definition) is 6. The van der Waals surface area contributed by atoms with Crippen LogP contribution in [0, 0.1) is 0 Å². The second kappa shape index (κ2) is 69.3. The highest BCUT2D eigenvalue weighted by Gasteiger charge is 2.19. The first kappa shape index (κ1) is 77.9. The maximum atomic E-state index is 12.9. The van der Waals surface area contributed by atoms with Gasteiger partial charge in [0.15, 0.2) is 6.10 Å². The van der Waals surface area contributed by atoms with Crippen LogP contribution in [-0.4, -0.2) is 37.2 Å². The largest absolute Gasteiger partial charge is 0.462 e. The lowest BCUT2D eigenvalue weighted by molar-refractivity contribution is -0.167. The van der Waals surface area contributed by atoms with Crippen LogP contribution >= 0.6 is 0 Å². The standard InChI is InChI=1S/C75H134O6/c1-4-7-10-13-16-19-22-25-28-31-34-35-36-37-38-39-42-44-47-50-53-56-59-62-65-68-74(77)80-71-72(81-75(78)69-66-63-60-57-54-51-48-45-41-33-30-27-24-21-18-15-12-9-6-3)70-79-73(76)67-64-61-58-55-52-49-46-43-40-32-29-26-23-20-17-14-11-8-5-2/h9,12,18,21,27,30-31,34,41,45,51,54,72H,4-8,10-11,13-17,19-20,22-26,28-29,32-33,35-40,42-44,46-50,52-53,55-71H2,1-3H3/b12-9-,21-18-,30-27-,34-31-,45-41-,54-51-. The second-order valence-corrected chi connectivity index (χ2v) is 23.8. The lowest BCUT2D eigenvalue weighted by atomic mass is 10.0. The molecule has 6 nitrogen and oxygen atoms in total. The van der Waals surface area contributed by atoms with Crippen LogP contribution in [0.15, 0.2) is 72.9 Å². The van der Waals surface area contributed by atoms with E-state index < -0.39 is 6.10 Å². The third kappa shape index (κ3) is 67.5. The van der Waals surface area contributed by atoms with Gasteiger partial charge >= 0.3 is 17.9 Å². The smallest absolute Gasteiger partial charge is 0.306 e. The lowest BCUT2D eigenvalue weighted by Gasteiger charge is -2.18. The molecule has 0 aliphatic carbocycles. The van der Waals surface area contributed by atoms with E-state index in [1.54, 1.807) is 0 Å². The molecule has 0 fully saturated rings. The van der Waals surface area contributed by atoms with Crippen molar-refractivity contribution in [1.82, 2.24) is 0 Å². The minimum absolute atomic E-state index is 0.0849. The number of carbonyl (C=O) groups is 3. The highest BCUT2D eigenvalue weighted by molar-refractivity contribution is 5.71. The average Bonchev–Trinajstić information content (AvgIpc) is 3.47. The molecule has 0 saturated carbocycles. The molecule has 0 heterocycles. The van der Waals surface area contributed by atoms with E-state index in [4.69, 9.17) is 14.2 Å². The normalized spacial score (nSPS) is 12.5. The number of esters is 3. The molecule has 0 aliphatic heterocycles. The molecule has 0 aromatic carbocycles. The monoisotopic (exact) mass is 1130 g/mol. The summed E-state index contributed by atoms with van der Waals surface area (Å²) in [6.45, 7) is 6.56. The van der Waals surface area contributed by atoms with Gasteiger partial charge in [-0.05, 0) is 89.9 Å². The Morgan fingerprint density at radius 2 is 0.481 bits per heavy atom. The van der Waals surface area contributed by atoms with Gasteiger partial charge in [0.2, 0.25) is 0 Å². The number of rotatable bonds is 65. The van der Waals surface area contributed by atoms with Gasteiger partial charge in [0.05, 0.1) is 0 Å². The van der Waals surface area contributed by atoms with Crippen molar-refractivity contribution >= 4 is 17.9 Å². The predicted octanol–water partition coefficient (Wildman–Crippen LogP) is 24.4. The van der Waals surface area contributed by atoms with Gasteiger partial charge in [-0.25, -0.2) is 0 Å². The summed E-state index contributed by atoms with van der Waals surface area (Å²) in [4.78, 5) is 38.5. The number of ether oxygens (including phenoxy) is 3. The first-order valence-electron chi connectivity index (χ1n) is 35.4. The van der Waals surface area contributed by atoms with Crippen molar-refractivity contribution in [2.45, 2.75) is 374 Å². The molecule has 0 aliphatic rings. The Balaban J connectivity index is 4.35. The van der Waals surface area contributed by atoms with Crippen LogP contribution in [-0.2, 0) is 28.6 Å². The molecule has 1 atom stereocenters. The Bertz CT molecular complexity index is 1490. The number of carbonyl (C=O) groups excluding carboxylic acids is 3. The van der Waals surface area contributed by atoms with Gasteiger partial charge in [-0.15, -0.1) is 0 Å². The van der Waals surface area contributed by atoms with E-state index in [2.05, 4.69) is 93.7 Å². The van der Waals surface area contributed by atoms with Gasteiger partial charge in [-0.1, -0.05) is 331 Å². The molecule has 0 amide bonds. The molecule has 0 spiro atoms. The molecule has 0 rings (SSSR count). The molecule has 0 aromatic rings. The van der Waals surface area contributed by atoms with Gasteiger partial charge in [-0.3, -0.25) is 14.4 Å². The predicted molar refractivity (Wildman–Crippen MR) is 353 cm³/mol. The van der Waals surface area contributed by atoms with Crippen molar-refractivity contribution in [1.29, 1.82) is 0 Å². The fourth-order valence-electron chi connectivity index (χ4n) is 10.4. The Hall–Kier alpha value is -3.15. The summed E-state index contributed by atoms with van der Waals surface area (Å²) >= 11 is 0. The summed E-state index contributed by atoms with van der Waals surface area (Å²) in [6, 6.07) is 0. The zero-order valence-corrected chi connectivity index (χ0v) is 54.1. The third-order valence-corrected chi connectivity index (χ3v) is 15.7.